The average Bonchev–Trinajstić information content (AvgIpc) is 3.06. The Balaban J connectivity index is 1.79. The Kier molecular flexibility index (Phi) is 5.41. The second-order valence-electron chi connectivity index (χ2n) is 7.82. The maximum absolute atomic E-state index is 13.0. The number of aliphatic carboxylic acids is 1. The van der Waals surface area contributed by atoms with Crippen molar-refractivity contribution in [2.24, 2.45) is 5.92 Å². The van der Waals surface area contributed by atoms with Gasteiger partial charge in [0.05, 0.1) is 17.9 Å². The smallest absolute Gasteiger partial charge is 0.332 e. The van der Waals surface area contributed by atoms with Crippen molar-refractivity contribution in [3.8, 4) is 0 Å². The highest BCUT2D eigenvalue weighted by Gasteiger charge is 2.25. The Morgan fingerprint density at radius 3 is 2.69 bits per heavy atom. The predicted octanol–water partition coefficient (Wildman–Crippen LogP) is 1.73. The summed E-state index contributed by atoms with van der Waals surface area (Å²) in [5, 5.41) is 11.7. The zero-order chi connectivity index (χ0) is 20.5. The van der Waals surface area contributed by atoms with Crippen LogP contribution in [0, 0.1) is 5.92 Å². The molecule has 4 rings (SSSR count). The molecule has 0 saturated heterocycles. The minimum Gasteiger partial charge on any atom is -0.548 e. The van der Waals surface area contributed by atoms with E-state index in [-0.39, 0.29) is 0 Å². The average molecular weight is 412 g/mol. The third kappa shape index (κ3) is 3.79. The van der Waals surface area contributed by atoms with E-state index in [0.29, 0.717) is 22.7 Å². The van der Waals surface area contributed by atoms with Crippen LogP contribution >= 0.6 is 11.3 Å². The Morgan fingerprint density at radius 1 is 1.21 bits per heavy atom. The van der Waals surface area contributed by atoms with Gasteiger partial charge in [-0.05, 0) is 49.1 Å². The van der Waals surface area contributed by atoms with E-state index in [1.54, 1.807) is 4.57 Å². The summed E-state index contributed by atoms with van der Waals surface area (Å²) in [4.78, 5) is 39.0. The van der Waals surface area contributed by atoms with Crippen LogP contribution in [0.5, 0.6) is 0 Å². The van der Waals surface area contributed by atoms with E-state index in [1.165, 1.54) is 16.9 Å². The van der Waals surface area contributed by atoms with Gasteiger partial charge in [-0.1, -0.05) is 37.3 Å². The Bertz CT molecular complexity index is 1170. The van der Waals surface area contributed by atoms with Crippen LogP contribution in [0.1, 0.15) is 35.8 Å². The number of carbonyl (C=O) groups is 1. The summed E-state index contributed by atoms with van der Waals surface area (Å²) in [7, 11) is 0. The zero-order valence-electron chi connectivity index (χ0n) is 16.3. The van der Waals surface area contributed by atoms with Crippen molar-refractivity contribution >= 4 is 27.5 Å². The summed E-state index contributed by atoms with van der Waals surface area (Å²) >= 11 is 1.52. The van der Waals surface area contributed by atoms with Gasteiger partial charge in [0.1, 0.15) is 4.83 Å². The van der Waals surface area contributed by atoms with Crippen molar-refractivity contribution in [3.05, 3.63) is 67.2 Å². The fourth-order valence-corrected chi connectivity index (χ4v) is 5.67. The molecule has 0 radical (unpaired) electrons. The molecule has 1 aromatic carbocycles. The van der Waals surface area contributed by atoms with Crippen molar-refractivity contribution in [3.63, 3.8) is 0 Å². The number of carboxylic acid groups (broad SMARTS) is 1. The summed E-state index contributed by atoms with van der Waals surface area (Å²) in [6.07, 6.45) is 4.20. The van der Waals surface area contributed by atoms with E-state index in [1.807, 2.05) is 30.3 Å². The number of carbonyl (C=O) groups excluding carboxylic acids is 1. The van der Waals surface area contributed by atoms with Gasteiger partial charge < -0.3 is 9.90 Å². The van der Waals surface area contributed by atoms with Gasteiger partial charge in [-0.25, -0.2) is 4.79 Å². The van der Waals surface area contributed by atoms with Crippen LogP contribution in [0.4, 0.5) is 0 Å². The highest BCUT2D eigenvalue weighted by molar-refractivity contribution is 7.18. The van der Waals surface area contributed by atoms with Crippen LogP contribution in [-0.2, 0) is 37.1 Å². The summed E-state index contributed by atoms with van der Waals surface area (Å²) in [5.74, 6) is -0.892. The number of hydrogen-bond acceptors (Lipinski definition) is 5. The summed E-state index contributed by atoms with van der Waals surface area (Å²) in [6.45, 7) is 1.91. The third-order valence-electron chi connectivity index (χ3n) is 5.64. The standard InChI is InChI=1S/C22H24N2O4S/c1-14-9-10-16-17(12-14)29-21-19(16)20(27)24(13-18(25)26)22(28)23(21)11-5-8-15-6-3-2-4-7-15/h2-4,6-7,14H,5,8-13H2,1H3,(H,25,26)/p-1/t14-/m0/s1. The molecular formula is C22H23N2O4S-. The van der Waals surface area contributed by atoms with Crippen LogP contribution in [0.3, 0.4) is 0 Å². The van der Waals surface area contributed by atoms with Crippen LogP contribution < -0.4 is 16.4 Å². The van der Waals surface area contributed by atoms with Gasteiger partial charge in [0.15, 0.2) is 0 Å². The largest absolute Gasteiger partial charge is 0.548 e. The maximum atomic E-state index is 13.0. The van der Waals surface area contributed by atoms with Crippen LogP contribution in [0.25, 0.3) is 10.2 Å². The molecule has 29 heavy (non-hydrogen) atoms. The lowest BCUT2D eigenvalue weighted by Crippen LogP contribution is -2.44. The Labute approximate surface area is 172 Å². The molecule has 1 aliphatic rings. The number of rotatable bonds is 6. The van der Waals surface area contributed by atoms with Crippen LogP contribution in [-0.4, -0.2) is 15.1 Å². The van der Waals surface area contributed by atoms with E-state index in [0.717, 1.165) is 47.1 Å². The van der Waals surface area contributed by atoms with Gasteiger partial charge >= 0.3 is 5.69 Å². The SMILES string of the molecule is C[C@H]1CCc2c(sc3c2c(=O)n(CC(=O)[O-])c(=O)n3CCCc2ccccc2)C1. The fourth-order valence-electron chi connectivity index (χ4n) is 4.15. The molecule has 1 atom stereocenters. The molecule has 0 amide bonds. The Hall–Kier alpha value is -2.67. The van der Waals surface area contributed by atoms with E-state index in [2.05, 4.69) is 6.92 Å². The van der Waals surface area contributed by atoms with Crippen molar-refractivity contribution < 1.29 is 9.90 Å². The molecule has 3 aromatic rings. The first-order valence-corrected chi connectivity index (χ1v) is 10.8. The molecule has 1 aliphatic carbocycles. The van der Waals surface area contributed by atoms with Crippen molar-refractivity contribution in [1.29, 1.82) is 0 Å². The van der Waals surface area contributed by atoms with Gasteiger partial charge in [-0.3, -0.25) is 13.9 Å². The number of carboxylic acids is 1. The number of hydrogen-bond donors (Lipinski definition) is 0. The lowest BCUT2D eigenvalue weighted by Gasteiger charge is -2.17. The molecule has 0 saturated carbocycles. The highest BCUT2D eigenvalue weighted by Crippen LogP contribution is 2.36. The van der Waals surface area contributed by atoms with E-state index < -0.39 is 23.8 Å². The van der Waals surface area contributed by atoms with Gasteiger partial charge in [-0.2, -0.15) is 0 Å². The van der Waals surface area contributed by atoms with Gasteiger partial charge in [0, 0.05) is 11.4 Å². The highest BCUT2D eigenvalue weighted by atomic mass is 32.1. The van der Waals surface area contributed by atoms with Crippen molar-refractivity contribution in [2.75, 3.05) is 0 Å². The second-order valence-corrected chi connectivity index (χ2v) is 8.90. The lowest BCUT2D eigenvalue weighted by molar-refractivity contribution is -0.306. The number of aryl methyl sites for hydroxylation is 3. The van der Waals surface area contributed by atoms with E-state index >= 15 is 0 Å². The molecule has 0 aliphatic heterocycles. The van der Waals surface area contributed by atoms with Gasteiger partial charge in [0.2, 0.25) is 0 Å². The number of thiophene rings is 1. The Morgan fingerprint density at radius 2 is 1.97 bits per heavy atom. The first kappa shape index (κ1) is 19.6. The summed E-state index contributed by atoms with van der Waals surface area (Å²) in [5.41, 5.74) is 1.11. The maximum Gasteiger partial charge on any atom is 0.332 e. The predicted molar refractivity (Wildman–Crippen MR) is 111 cm³/mol. The molecule has 152 valence electrons. The molecule has 0 bridgehead atoms. The number of nitrogens with zero attached hydrogens (tertiary/aromatic N) is 2. The second kappa shape index (κ2) is 7.99. The van der Waals surface area contributed by atoms with Gasteiger partial charge in [-0.15, -0.1) is 11.3 Å². The lowest BCUT2D eigenvalue weighted by atomic mass is 9.89. The molecule has 6 nitrogen and oxygen atoms in total. The first-order chi connectivity index (χ1) is 14.0. The third-order valence-corrected chi connectivity index (χ3v) is 6.91. The number of benzene rings is 1. The van der Waals surface area contributed by atoms with Crippen molar-refractivity contribution in [1.82, 2.24) is 9.13 Å². The zero-order valence-corrected chi connectivity index (χ0v) is 17.2. The minimum absolute atomic E-state index is 0.437. The normalized spacial score (nSPS) is 16.1. The van der Waals surface area contributed by atoms with Crippen LogP contribution in [0.2, 0.25) is 0 Å². The molecule has 0 unspecified atom stereocenters. The summed E-state index contributed by atoms with van der Waals surface area (Å²) in [6, 6.07) is 10.0. The van der Waals surface area contributed by atoms with E-state index in [4.69, 9.17) is 0 Å². The molecular weight excluding hydrogens is 388 g/mol. The van der Waals surface area contributed by atoms with Gasteiger partial charge in [0.25, 0.3) is 5.56 Å². The number of aromatic nitrogens is 2. The quantitative estimate of drug-likeness (QED) is 0.618. The summed E-state index contributed by atoms with van der Waals surface area (Å²) < 4.78 is 2.42. The monoisotopic (exact) mass is 411 g/mol. The first-order valence-electron chi connectivity index (χ1n) is 9.97. The molecule has 0 spiro atoms. The molecule has 2 heterocycles. The number of fused-ring (bicyclic) bond motifs is 3. The van der Waals surface area contributed by atoms with Crippen LogP contribution in [0.15, 0.2) is 39.9 Å². The van der Waals surface area contributed by atoms with Crippen molar-refractivity contribution in [2.45, 2.75) is 52.1 Å². The minimum atomic E-state index is -1.43. The topological polar surface area (TPSA) is 84.1 Å². The molecule has 0 fully saturated rings. The molecule has 0 N–H and O–H groups in total. The molecule has 2 aromatic heterocycles. The fraction of sp³-hybridized carbons (Fsp3) is 0.409. The van der Waals surface area contributed by atoms with E-state index in [9.17, 15) is 19.5 Å². The molecule has 7 heteroatoms.